The van der Waals surface area contributed by atoms with E-state index < -0.39 is 0 Å². The molecule has 0 spiro atoms. The molecule has 3 heteroatoms. The molecule has 0 atom stereocenters. The molecule has 16 heavy (non-hydrogen) atoms. The molecule has 2 aliphatic carbocycles. The van der Waals surface area contributed by atoms with Gasteiger partial charge in [-0.15, -0.1) is 0 Å². The van der Waals surface area contributed by atoms with Gasteiger partial charge in [-0.05, 0) is 49.1 Å². The van der Waals surface area contributed by atoms with Gasteiger partial charge in [0, 0.05) is 6.54 Å². The van der Waals surface area contributed by atoms with Gasteiger partial charge in [-0.2, -0.15) is 5.26 Å². The number of hydrogen-bond acceptors (Lipinski definition) is 3. The fourth-order valence-corrected chi connectivity index (χ4v) is 2.55. The van der Waals surface area contributed by atoms with Crippen molar-refractivity contribution >= 4 is 0 Å². The van der Waals surface area contributed by atoms with Gasteiger partial charge < -0.3 is 9.73 Å². The minimum Gasteiger partial charge on any atom is -0.449 e. The van der Waals surface area contributed by atoms with Gasteiger partial charge in [0.2, 0.25) is 5.76 Å². The van der Waals surface area contributed by atoms with Crippen molar-refractivity contribution in [3.8, 4) is 6.07 Å². The van der Waals surface area contributed by atoms with Crippen LogP contribution in [0.15, 0.2) is 16.5 Å². The highest BCUT2D eigenvalue weighted by Gasteiger charge is 2.53. The fraction of sp³-hybridized carbons (Fsp3) is 0.615. The van der Waals surface area contributed by atoms with Gasteiger partial charge in [0.25, 0.3) is 0 Å². The lowest BCUT2D eigenvalue weighted by atomic mass is 10.0. The standard InChI is InChI=1S/C13H16N2O/c14-7-11-3-4-12(16-11)8-15-9-13(5-6-13)10-1-2-10/h3-4,10,15H,1-2,5-6,8-9H2. The first-order valence-corrected chi connectivity index (χ1v) is 6.02. The number of hydrogen-bond donors (Lipinski definition) is 1. The normalized spacial score (nSPS) is 21.7. The predicted molar refractivity (Wildman–Crippen MR) is 59.5 cm³/mol. The number of nitrogens with one attached hydrogen (secondary N) is 1. The second-order valence-electron chi connectivity index (χ2n) is 5.12. The van der Waals surface area contributed by atoms with Crippen LogP contribution in [0.5, 0.6) is 0 Å². The van der Waals surface area contributed by atoms with E-state index in [1.165, 1.54) is 25.7 Å². The molecule has 0 aliphatic heterocycles. The van der Waals surface area contributed by atoms with Crippen LogP contribution in [0.4, 0.5) is 0 Å². The Labute approximate surface area is 95.4 Å². The minimum atomic E-state index is 0.403. The summed E-state index contributed by atoms with van der Waals surface area (Å²) in [4.78, 5) is 0. The van der Waals surface area contributed by atoms with Gasteiger partial charge in [-0.1, -0.05) is 0 Å². The lowest BCUT2D eigenvalue weighted by Gasteiger charge is -2.13. The maximum Gasteiger partial charge on any atom is 0.203 e. The van der Waals surface area contributed by atoms with Gasteiger partial charge in [-0.3, -0.25) is 0 Å². The molecule has 2 fully saturated rings. The van der Waals surface area contributed by atoms with E-state index in [4.69, 9.17) is 9.68 Å². The topological polar surface area (TPSA) is 49.0 Å². The molecule has 1 N–H and O–H groups in total. The van der Waals surface area contributed by atoms with Crippen molar-refractivity contribution in [3.63, 3.8) is 0 Å². The Kier molecular flexibility index (Phi) is 2.26. The maximum atomic E-state index is 8.63. The zero-order valence-electron chi connectivity index (χ0n) is 9.33. The zero-order chi connectivity index (χ0) is 11.0. The largest absolute Gasteiger partial charge is 0.449 e. The zero-order valence-corrected chi connectivity index (χ0v) is 9.33. The van der Waals surface area contributed by atoms with E-state index >= 15 is 0 Å². The highest BCUT2D eigenvalue weighted by atomic mass is 16.3. The quantitative estimate of drug-likeness (QED) is 0.822. The monoisotopic (exact) mass is 216 g/mol. The molecule has 3 nitrogen and oxygen atoms in total. The van der Waals surface area contributed by atoms with Crippen molar-refractivity contribution in [3.05, 3.63) is 23.7 Å². The van der Waals surface area contributed by atoms with Crippen LogP contribution in [0, 0.1) is 22.7 Å². The average Bonchev–Trinajstić information content (AvgIpc) is 3.17. The van der Waals surface area contributed by atoms with Crippen molar-refractivity contribution in [2.24, 2.45) is 11.3 Å². The summed E-state index contributed by atoms with van der Waals surface area (Å²) in [6.45, 7) is 1.86. The van der Waals surface area contributed by atoms with Crippen molar-refractivity contribution < 1.29 is 4.42 Å². The summed E-state index contributed by atoms with van der Waals surface area (Å²) in [5.41, 5.74) is 0.630. The van der Waals surface area contributed by atoms with E-state index in [1.807, 2.05) is 12.1 Å². The Bertz CT molecular complexity index is 421. The first kappa shape index (κ1) is 9.92. The predicted octanol–water partition coefficient (Wildman–Crippen LogP) is 2.43. The van der Waals surface area contributed by atoms with E-state index in [9.17, 15) is 0 Å². The molecule has 0 unspecified atom stereocenters. The summed E-state index contributed by atoms with van der Waals surface area (Å²) in [7, 11) is 0. The maximum absolute atomic E-state index is 8.63. The van der Waals surface area contributed by atoms with Crippen LogP contribution >= 0.6 is 0 Å². The molecule has 2 aliphatic rings. The molecular formula is C13H16N2O. The van der Waals surface area contributed by atoms with Crippen LogP contribution in [-0.2, 0) is 6.54 Å². The SMILES string of the molecule is N#Cc1ccc(CNCC2(C3CC3)CC2)o1. The Balaban J connectivity index is 1.48. The molecule has 1 aromatic heterocycles. The number of rotatable bonds is 5. The average molecular weight is 216 g/mol. The minimum absolute atomic E-state index is 0.403. The summed E-state index contributed by atoms with van der Waals surface area (Å²) < 4.78 is 5.32. The van der Waals surface area contributed by atoms with Crippen molar-refractivity contribution in [2.45, 2.75) is 32.2 Å². The van der Waals surface area contributed by atoms with Gasteiger partial charge in [0.1, 0.15) is 11.8 Å². The Morgan fingerprint density at radius 1 is 1.44 bits per heavy atom. The van der Waals surface area contributed by atoms with Crippen LogP contribution in [0.2, 0.25) is 0 Å². The molecule has 3 rings (SSSR count). The molecular weight excluding hydrogens is 200 g/mol. The molecule has 0 aromatic carbocycles. The Morgan fingerprint density at radius 2 is 2.25 bits per heavy atom. The lowest BCUT2D eigenvalue weighted by Crippen LogP contribution is -2.24. The van der Waals surface area contributed by atoms with E-state index in [-0.39, 0.29) is 0 Å². The summed E-state index contributed by atoms with van der Waals surface area (Å²) in [6.07, 6.45) is 5.65. The summed E-state index contributed by atoms with van der Waals surface area (Å²) in [5, 5.41) is 12.1. The molecule has 1 aromatic rings. The van der Waals surface area contributed by atoms with Crippen LogP contribution in [0.3, 0.4) is 0 Å². The number of nitriles is 1. The molecule has 1 heterocycles. The van der Waals surface area contributed by atoms with E-state index in [0.717, 1.165) is 24.8 Å². The van der Waals surface area contributed by atoms with E-state index in [1.54, 1.807) is 6.07 Å². The van der Waals surface area contributed by atoms with Crippen molar-refractivity contribution in [1.82, 2.24) is 5.32 Å². The molecule has 0 amide bonds. The summed E-state index contributed by atoms with van der Waals surface area (Å²) >= 11 is 0. The molecule has 0 radical (unpaired) electrons. The van der Waals surface area contributed by atoms with Crippen LogP contribution in [0.1, 0.15) is 37.2 Å². The van der Waals surface area contributed by atoms with Gasteiger partial charge in [-0.25, -0.2) is 0 Å². The molecule has 2 saturated carbocycles. The molecule has 84 valence electrons. The second-order valence-corrected chi connectivity index (χ2v) is 5.12. The second kappa shape index (κ2) is 3.64. The molecule has 0 bridgehead atoms. The Morgan fingerprint density at radius 3 is 2.81 bits per heavy atom. The first-order chi connectivity index (χ1) is 7.82. The van der Waals surface area contributed by atoms with E-state index in [0.29, 0.717) is 11.2 Å². The fourth-order valence-electron chi connectivity index (χ4n) is 2.55. The van der Waals surface area contributed by atoms with Crippen LogP contribution in [-0.4, -0.2) is 6.54 Å². The van der Waals surface area contributed by atoms with Gasteiger partial charge >= 0.3 is 0 Å². The van der Waals surface area contributed by atoms with Gasteiger partial charge in [0.05, 0.1) is 6.54 Å². The third-order valence-corrected chi connectivity index (χ3v) is 3.88. The third-order valence-electron chi connectivity index (χ3n) is 3.88. The number of nitrogens with zero attached hydrogens (tertiary/aromatic N) is 1. The van der Waals surface area contributed by atoms with Crippen molar-refractivity contribution in [2.75, 3.05) is 6.54 Å². The highest BCUT2D eigenvalue weighted by Crippen LogP contribution is 2.60. The Hall–Kier alpha value is -1.27. The van der Waals surface area contributed by atoms with Crippen LogP contribution in [0.25, 0.3) is 0 Å². The number of furan rings is 1. The summed E-state index contributed by atoms with van der Waals surface area (Å²) in [5.74, 6) is 2.26. The van der Waals surface area contributed by atoms with Crippen molar-refractivity contribution in [1.29, 1.82) is 5.26 Å². The molecule has 0 saturated heterocycles. The third kappa shape index (κ3) is 1.85. The lowest BCUT2D eigenvalue weighted by molar-refractivity contribution is 0.386. The first-order valence-electron chi connectivity index (χ1n) is 6.02. The summed E-state index contributed by atoms with van der Waals surface area (Å²) in [6, 6.07) is 5.60. The van der Waals surface area contributed by atoms with Crippen LogP contribution < -0.4 is 5.32 Å². The van der Waals surface area contributed by atoms with Gasteiger partial charge in [0.15, 0.2) is 0 Å². The smallest absolute Gasteiger partial charge is 0.203 e. The van der Waals surface area contributed by atoms with E-state index in [2.05, 4.69) is 5.32 Å². The highest BCUT2D eigenvalue weighted by molar-refractivity contribution is 5.19.